The zero-order valence-electron chi connectivity index (χ0n) is 21.0. The van der Waals surface area contributed by atoms with Crippen LogP contribution >= 0.6 is 11.6 Å². The molecule has 1 aromatic carbocycles. The highest BCUT2D eigenvalue weighted by Gasteiger charge is 2.37. The van der Waals surface area contributed by atoms with Crippen molar-refractivity contribution in [3.05, 3.63) is 57.5 Å². The van der Waals surface area contributed by atoms with E-state index in [1.54, 1.807) is 25.7 Å². The number of carbonyl (C=O) groups is 2. The predicted octanol–water partition coefficient (Wildman–Crippen LogP) is 3.88. The average Bonchev–Trinajstić information content (AvgIpc) is 3.19. The minimum atomic E-state index is -0.492. The number of hydrogen-bond donors (Lipinski definition) is 1. The fourth-order valence-electron chi connectivity index (χ4n) is 4.69. The number of aryl methyl sites for hydroxylation is 2. The molecule has 0 unspecified atom stereocenters. The summed E-state index contributed by atoms with van der Waals surface area (Å²) in [6.07, 6.45) is 1.95. The zero-order valence-corrected chi connectivity index (χ0v) is 21.7. The molecule has 2 aromatic rings. The average molecular weight is 516 g/mol. The van der Waals surface area contributed by atoms with Crippen molar-refractivity contribution in [3.8, 4) is 5.75 Å². The number of nitrogens with zero attached hydrogens (tertiary/aromatic N) is 4. The zero-order chi connectivity index (χ0) is 26.1. The number of rotatable bonds is 7. The highest BCUT2D eigenvalue weighted by molar-refractivity contribution is 6.31. The second kappa shape index (κ2) is 10.4. The lowest BCUT2D eigenvalue weighted by atomic mass is 9.87. The lowest BCUT2D eigenvalue weighted by molar-refractivity contribution is -0.135. The van der Waals surface area contributed by atoms with Gasteiger partial charge in [0.15, 0.2) is 5.82 Å². The minimum Gasteiger partial charge on any atom is -0.489 e. The first kappa shape index (κ1) is 25.9. The molecule has 4 rings (SSSR count). The third kappa shape index (κ3) is 5.16. The highest BCUT2D eigenvalue weighted by atomic mass is 35.5. The Hall–Kier alpha value is -3.20. The van der Waals surface area contributed by atoms with Crippen molar-refractivity contribution >= 4 is 29.0 Å². The van der Waals surface area contributed by atoms with Crippen LogP contribution in [0.3, 0.4) is 0 Å². The number of hydrogen-bond acceptors (Lipinski definition) is 6. The molecule has 192 valence electrons. The molecule has 0 bridgehead atoms. The lowest BCUT2D eigenvalue weighted by Crippen LogP contribution is -2.51. The summed E-state index contributed by atoms with van der Waals surface area (Å²) in [4.78, 5) is 37.7. The summed E-state index contributed by atoms with van der Waals surface area (Å²) in [6.45, 7) is 8.29. The van der Waals surface area contributed by atoms with Gasteiger partial charge in [-0.1, -0.05) is 18.5 Å². The molecule has 36 heavy (non-hydrogen) atoms. The number of amides is 2. The lowest BCUT2D eigenvalue weighted by Gasteiger charge is -2.42. The Morgan fingerprint density at radius 1 is 1.22 bits per heavy atom. The second-order valence-corrected chi connectivity index (χ2v) is 9.79. The molecule has 0 spiro atoms. The van der Waals surface area contributed by atoms with E-state index in [-0.39, 0.29) is 48.4 Å². The molecule has 8 nitrogen and oxygen atoms in total. The molecule has 1 fully saturated rings. The summed E-state index contributed by atoms with van der Waals surface area (Å²) < 4.78 is 20.2. The summed E-state index contributed by atoms with van der Waals surface area (Å²) in [5.41, 5.74) is 8.97. The molecule has 0 atom stereocenters. The molecule has 0 radical (unpaired) electrons. The highest BCUT2D eigenvalue weighted by Crippen LogP contribution is 2.34. The van der Waals surface area contributed by atoms with E-state index in [2.05, 4.69) is 9.97 Å². The normalized spacial score (nSPS) is 19.3. The van der Waals surface area contributed by atoms with E-state index in [1.807, 2.05) is 11.8 Å². The maximum atomic E-state index is 14.1. The van der Waals surface area contributed by atoms with Gasteiger partial charge in [-0.05, 0) is 32.4 Å². The Bertz CT molecular complexity index is 1210. The van der Waals surface area contributed by atoms with Crippen molar-refractivity contribution in [3.63, 3.8) is 0 Å². The Balaban J connectivity index is 1.48. The second-order valence-electron chi connectivity index (χ2n) is 9.42. The van der Waals surface area contributed by atoms with Crippen LogP contribution in [-0.4, -0.2) is 63.4 Å². The van der Waals surface area contributed by atoms with Crippen molar-refractivity contribution in [2.75, 3.05) is 19.6 Å². The van der Waals surface area contributed by atoms with E-state index < -0.39 is 5.82 Å². The molecule has 2 N–H and O–H groups in total. The SMILES string of the molecule is CCCN(C(C)=O)C1CC(Oc2cc(F)ccc2C(=O)N2CC(N)=C(c3nc(C)c(Cl)c(C)n3)C2)C1. The molecule has 1 aliphatic heterocycles. The number of nitrogens with two attached hydrogens (primary N) is 1. The molecule has 1 aromatic heterocycles. The van der Waals surface area contributed by atoms with Crippen LogP contribution in [0, 0.1) is 19.7 Å². The molecule has 0 saturated heterocycles. The minimum absolute atomic E-state index is 0.0342. The van der Waals surface area contributed by atoms with E-state index >= 15 is 0 Å². The molecular weight excluding hydrogens is 485 g/mol. The van der Waals surface area contributed by atoms with Crippen LogP contribution < -0.4 is 10.5 Å². The smallest absolute Gasteiger partial charge is 0.258 e. The fraction of sp³-hybridized carbons (Fsp3) is 0.462. The predicted molar refractivity (Wildman–Crippen MR) is 135 cm³/mol. The molecule has 1 aliphatic carbocycles. The number of benzene rings is 1. The van der Waals surface area contributed by atoms with Crippen LogP contribution in [0.1, 0.15) is 60.7 Å². The van der Waals surface area contributed by atoms with Crippen molar-refractivity contribution in [1.82, 2.24) is 19.8 Å². The molecule has 2 heterocycles. The number of ether oxygens (including phenoxy) is 1. The summed E-state index contributed by atoms with van der Waals surface area (Å²) in [5, 5.41) is 0.497. The van der Waals surface area contributed by atoms with Crippen molar-refractivity contribution in [2.24, 2.45) is 5.73 Å². The summed E-state index contributed by atoms with van der Waals surface area (Å²) >= 11 is 6.20. The van der Waals surface area contributed by atoms with Gasteiger partial charge >= 0.3 is 0 Å². The molecule has 10 heteroatoms. The first-order valence-corrected chi connectivity index (χ1v) is 12.5. The van der Waals surface area contributed by atoms with E-state index in [4.69, 9.17) is 22.1 Å². The van der Waals surface area contributed by atoms with Gasteiger partial charge in [-0.15, -0.1) is 0 Å². The maximum Gasteiger partial charge on any atom is 0.258 e. The summed E-state index contributed by atoms with van der Waals surface area (Å²) in [6, 6.07) is 4.00. The standard InChI is InChI=1S/C26H31ClFN5O3/c1-5-8-33(16(4)34)18-10-19(11-18)36-23-9-17(28)6-7-20(23)26(35)32-12-21(22(29)13-32)25-30-14(2)24(27)15(3)31-25/h6-7,9,18-19H,5,8,10-13,29H2,1-4H3. The Labute approximate surface area is 215 Å². The molecule has 1 saturated carbocycles. The van der Waals surface area contributed by atoms with E-state index in [9.17, 15) is 14.0 Å². The third-order valence-corrected chi connectivity index (χ3v) is 7.23. The molecule has 2 amide bonds. The van der Waals surface area contributed by atoms with Gasteiger partial charge in [0.05, 0.1) is 35.1 Å². The molecule has 2 aliphatic rings. The summed E-state index contributed by atoms with van der Waals surface area (Å²) in [7, 11) is 0. The monoisotopic (exact) mass is 515 g/mol. The van der Waals surface area contributed by atoms with Gasteiger partial charge < -0.3 is 20.3 Å². The van der Waals surface area contributed by atoms with Crippen LogP contribution in [0.15, 0.2) is 23.9 Å². The maximum absolute atomic E-state index is 14.1. The fourth-order valence-corrected chi connectivity index (χ4v) is 4.78. The van der Waals surface area contributed by atoms with Gasteiger partial charge in [-0.2, -0.15) is 0 Å². The van der Waals surface area contributed by atoms with Crippen LogP contribution in [0.4, 0.5) is 4.39 Å². The van der Waals surface area contributed by atoms with Gasteiger partial charge in [-0.3, -0.25) is 9.59 Å². The number of carbonyl (C=O) groups excluding carboxylic acids is 2. The quantitative estimate of drug-likeness (QED) is 0.600. The Kier molecular flexibility index (Phi) is 7.49. The van der Waals surface area contributed by atoms with E-state index in [1.165, 1.54) is 18.2 Å². The van der Waals surface area contributed by atoms with E-state index in [0.717, 1.165) is 6.42 Å². The van der Waals surface area contributed by atoms with Gasteiger partial charge in [0.25, 0.3) is 5.91 Å². The Morgan fingerprint density at radius 2 is 1.89 bits per heavy atom. The van der Waals surface area contributed by atoms with Crippen LogP contribution in [-0.2, 0) is 4.79 Å². The largest absolute Gasteiger partial charge is 0.489 e. The third-order valence-electron chi connectivity index (χ3n) is 6.68. The number of halogens is 2. The van der Waals surface area contributed by atoms with Crippen LogP contribution in [0.25, 0.3) is 5.57 Å². The molecular formula is C26H31ClFN5O3. The van der Waals surface area contributed by atoms with Crippen molar-refractivity contribution in [2.45, 2.75) is 59.1 Å². The topological polar surface area (TPSA) is 102 Å². The van der Waals surface area contributed by atoms with Gasteiger partial charge in [-0.25, -0.2) is 14.4 Å². The van der Waals surface area contributed by atoms with Gasteiger partial charge in [0.1, 0.15) is 17.7 Å². The van der Waals surface area contributed by atoms with Gasteiger partial charge in [0.2, 0.25) is 5.91 Å². The number of aromatic nitrogens is 2. The van der Waals surface area contributed by atoms with Crippen LogP contribution in [0.2, 0.25) is 5.02 Å². The van der Waals surface area contributed by atoms with Gasteiger partial charge in [0, 0.05) is 49.7 Å². The van der Waals surface area contributed by atoms with Crippen molar-refractivity contribution < 1.29 is 18.7 Å². The van der Waals surface area contributed by atoms with Crippen LogP contribution in [0.5, 0.6) is 5.75 Å². The first-order valence-electron chi connectivity index (χ1n) is 12.1. The summed E-state index contributed by atoms with van der Waals surface area (Å²) in [5.74, 6) is -0.145. The van der Waals surface area contributed by atoms with Crippen molar-refractivity contribution in [1.29, 1.82) is 0 Å². The first-order chi connectivity index (χ1) is 17.1. The van der Waals surface area contributed by atoms with E-state index in [0.29, 0.717) is 52.9 Å². The Morgan fingerprint density at radius 3 is 2.50 bits per heavy atom.